The number of nitrogens with zero attached hydrogens (tertiary/aromatic N) is 1. The van der Waals surface area contributed by atoms with E-state index in [0.717, 1.165) is 18.5 Å². The lowest BCUT2D eigenvalue weighted by atomic mass is 10.1. The van der Waals surface area contributed by atoms with Crippen molar-refractivity contribution in [3.63, 3.8) is 0 Å². The summed E-state index contributed by atoms with van der Waals surface area (Å²) in [5, 5.41) is 8.65. The summed E-state index contributed by atoms with van der Waals surface area (Å²) in [5.74, 6) is 0.672. The predicted octanol–water partition coefficient (Wildman–Crippen LogP) is 4.08. The molecule has 4 aromatic rings. The van der Waals surface area contributed by atoms with E-state index in [0.29, 0.717) is 17.7 Å². The molecule has 0 saturated carbocycles. The number of nitrogens with one attached hydrogen (secondary N) is 2. The van der Waals surface area contributed by atoms with Crippen LogP contribution >= 0.6 is 0 Å². The first kappa shape index (κ1) is 20.7. The maximum absolute atomic E-state index is 11.0. The third-order valence-corrected chi connectivity index (χ3v) is 5.05. The van der Waals surface area contributed by atoms with Gasteiger partial charge in [0, 0.05) is 11.9 Å². The molecule has 6 nitrogen and oxygen atoms in total. The second-order valence-electron chi connectivity index (χ2n) is 6.87. The number of fused-ring (bicyclic) bond motifs is 2. The van der Waals surface area contributed by atoms with Crippen molar-refractivity contribution in [3.05, 3.63) is 71.4 Å². The average Bonchev–Trinajstić information content (AvgIpc) is 3.15. The zero-order valence-electron chi connectivity index (χ0n) is 16.6. The molecule has 29 heavy (non-hydrogen) atoms. The molecule has 0 spiro atoms. The molecule has 3 aromatic carbocycles. The summed E-state index contributed by atoms with van der Waals surface area (Å²) in [6.07, 6.45) is 0.921. The van der Waals surface area contributed by atoms with Crippen molar-refractivity contribution in [1.29, 1.82) is 0 Å². The monoisotopic (exact) mass is 411 g/mol. The molecule has 1 aromatic heterocycles. The maximum Gasteiger partial charge on any atom is 0.240 e. The largest absolute Gasteiger partial charge is 0.494 e. The van der Waals surface area contributed by atoms with Crippen molar-refractivity contribution >= 4 is 32.0 Å². The minimum Gasteiger partial charge on any atom is -0.494 e. The van der Waals surface area contributed by atoms with Crippen LogP contribution in [0.15, 0.2) is 66.7 Å². The van der Waals surface area contributed by atoms with Crippen LogP contribution in [0.5, 0.6) is 5.75 Å². The standard InChI is InChI=1S/C12H17N3O3S.C10H8/c1-15(2)6-3-7-18-9-4-5-11-10(8-9)12(14-13-11)19(16)17;1-2-6-10-8-4-3-7-9(10)5-1/h4-5,8,13-14H,3,6-7H2,1-2H3;1-8H. The van der Waals surface area contributed by atoms with Crippen LogP contribution in [0.2, 0.25) is 0 Å². The molecule has 1 heterocycles. The summed E-state index contributed by atoms with van der Waals surface area (Å²) in [7, 11) is 1.73. The van der Waals surface area contributed by atoms with Crippen LogP contribution < -0.4 is 4.74 Å². The summed E-state index contributed by atoms with van der Waals surface area (Å²) in [5.41, 5.74) is 0.736. The van der Waals surface area contributed by atoms with Gasteiger partial charge in [-0.2, -0.15) is 8.42 Å². The molecule has 0 aliphatic carbocycles. The van der Waals surface area contributed by atoms with Gasteiger partial charge in [-0.3, -0.25) is 10.2 Å². The van der Waals surface area contributed by atoms with Crippen molar-refractivity contribution in [2.24, 2.45) is 0 Å². The van der Waals surface area contributed by atoms with E-state index >= 15 is 0 Å². The van der Waals surface area contributed by atoms with E-state index in [4.69, 9.17) is 4.74 Å². The number of rotatable bonds is 5. The van der Waals surface area contributed by atoms with E-state index in [9.17, 15) is 8.42 Å². The molecule has 0 saturated heterocycles. The highest BCUT2D eigenvalue weighted by atomic mass is 32.2. The molecule has 4 rings (SSSR count). The van der Waals surface area contributed by atoms with Crippen LogP contribution in [0.1, 0.15) is 6.42 Å². The molecule has 0 bridgehead atoms. The van der Waals surface area contributed by atoms with Crippen molar-refractivity contribution in [1.82, 2.24) is 15.1 Å². The van der Waals surface area contributed by atoms with Crippen LogP contribution in [0.3, 0.4) is 0 Å². The third-order valence-electron chi connectivity index (χ3n) is 4.39. The van der Waals surface area contributed by atoms with Gasteiger partial charge in [-0.15, -0.1) is 0 Å². The number of ether oxygens (including phenoxy) is 1. The van der Waals surface area contributed by atoms with Gasteiger partial charge in [-0.25, -0.2) is 0 Å². The minimum atomic E-state index is -2.29. The molecule has 0 radical (unpaired) electrons. The van der Waals surface area contributed by atoms with Gasteiger partial charge in [0.25, 0.3) is 0 Å². The van der Waals surface area contributed by atoms with Gasteiger partial charge in [-0.05, 0) is 49.5 Å². The van der Waals surface area contributed by atoms with E-state index in [1.165, 1.54) is 10.8 Å². The zero-order chi connectivity index (χ0) is 20.6. The average molecular weight is 412 g/mol. The molecule has 152 valence electrons. The van der Waals surface area contributed by atoms with Crippen LogP contribution in [0.25, 0.3) is 21.7 Å². The lowest BCUT2D eigenvalue weighted by Crippen LogP contribution is -2.15. The van der Waals surface area contributed by atoms with Crippen molar-refractivity contribution in [2.75, 3.05) is 27.2 Å². The number of H-pyrrole nitrogens is 2. The normalized spacial score (nSPS) is 10.7. The highest BCUT2D eigenvalue weighted by molar-refractivity contribution is 7.64. The molecule has 2 N–H and O–H groups in total. The predicted molar refractivity (Wildman–Crippen MR) is 117 cm³/mol. The molecule has 0 aliphatic rings. The summed E-state index contributed by atoms with van der Waals surface area (Å²) >= 11 is 0. The Labute approximate surface area is 171 Å². The number of aromatic amines is 2. The van der Waals surface area contributed by atoms with E-state index in [2.05, 4.69) is 63.6 Å². The number of benzene rings is 3. The summed E-state index contributed by atoms with van der Waals surface area (Å²) in [6, 6.07) is 22.1. The second-order valence-corrected chi connectivity index (χ2v) is 7.75. The zero-order valence-corrected chi connectivity index (χ0v) is 17.4. The van der Waals surface area contributed by atoms with E-state index < -0.39 is 10.3 Å². The number of aromatic nitrogens is 2. The highest BCUT2D eigenvalue weighted by Crippen LogP contribution is 2.19. The van der Waals surface area contributed by atoms with Gasteiger partial charge < -0.3 is 9.64 Å². The number of hydrogen-bond donors (Lipinski definition) is 2. The Balaban J connectivity index is 0.000000200. The van der Waals surface area contributed by atoms with E-state index in [1.807, 2.05) is 20.2 Å². The van der Waals surface area contributed by atoms with Gasteiger partial charge in [0.15, 0.2) is 4.64 Å². The molecule has 0 unspecified atom stereocenters. The number of hydrogen-bond acceptors (Lipinski definition) is 4. The van der Waals surface area contributed by atoms with Crippen molar-refractivity contribution < 1.29 is 13.2 Å². The Kier molecular flexibility index (Phi) is 7.10. The lowest BCUT2D eigenvalue weighted by molar-refractivity contribution is 0.282. The Morgan fingerprint density at radius 3 is 2.07 bits per heavy atom. The maximum atomic E-state index is 11.0. The lowest BCUT2D eigenvalue weighted by Gasteiger charge is -2.10. The Bertz CT molecular complexity index is 1180. The first-order valence-electron chi connectivity index (χ1n) is 9.38. The topological polar surface area (TPSA) is 78.2 Å². The van der Waals surface area contributed by atoms with Gasteiger partial charge in [0.2, 0.25) is 10.3 Å². The van der Waals surface area contributed by atoms with Crippen LogP contribution in [0.4, 0.5) is 0 Å². The highest BCUT2D eigenvalue weighted by Gasteiger charge is 2.03. The van der Waals surface area contributed by atoms with Crippen molar-refractivity contribution in [3.8, 4) is 5.75 Å². The van der Waals surface area contributed by atoms with Gasteiger partial charge in [-0.1, -0.05) is 48.5 Å². The molecular weight excluding hydrogens is 386 g/mol. The fourth-order valence-electron chi connectivity index (χ4n) is 2.94. The molecule has 0 fully saturated rings. The third kappa shape index (κ3) is 5.73. The SMILES string of the molecule is CN(C)CCCOc1ccc2[nH][nH]c(=S(=O)=O)c2c1.c1ccc2ccccc2c1. The molecule has 0 aliphatic heterocycles. The molecule has 0 atom stereocenters. The summed E-state index contributed by atoms with van der Waals surface area (Å²) < 4.78 is 27.8. The molecular formula is C22H25N3O3S. The van der Waals surface area contributed by atoms with Crippen LogP contribution in [0, 0.1) is 4.64 Å². The smallest absolute Gasteiger partial charge is 0.240 e. The minimum absolute atomic E-state index is 0.147. The van der Waals surface area contributed by atoms with Gasteiger partial charge in [0.1, 0.15) is 5.75 Å². The van der Waals surface area contributed by atoms with Gasteiger partial charge in [0.05, 0.1) is 12.1 Å². The fraction of sp³-hybridized carbons (Fsp3) is 0.227. The fourth-order valence-corrected chi connectivity index (χ4v) is 3.42. The van der Waals surface area contributed by atoms with Crippen molar-refractivity contribution in [2.45, 2.75) is 6.42 Å². The Hall–Kier alpha value is -3.03. The molecule has 0 amide bonds. The first-order valence-corrected chi connectivity index (χ1v) is 10.5. The Morgan fingerprint density at radius 1 is 0.897 bits per heavy atom. The molecule has 7 heteroatoms. The summed E-state index contributed by atoms with van der Waals surface area (Å²) in [6.45, 7) is 1.56. The summed E-state index contributed by atoms with van der Waals surface area (Å²) in [4.78, 5) is 2.09. The first-order chi connectivity index (χ1) is 14.0. The Morgan fingerprint density at radius 2 is 1.52 bits per heavy atom. The van der Waals surface area contributed by atoms with Crippen LogP contribution in [-0.2, 0) is 10.3 Å². The quantitative estimate of drug-likeness (QED) is 0.383. The van der Waals surface area contributed by atoms with Gasteiger partial charge >= 0.3 is 0 Å². The van der Waals surface area contributed by atoms with Crippen LogP contribution in [-0.4, -0.2) is 50.8 Å². The van der Waals surface area contributed by atoms with E-state index in [-0.39, 0.29) is 4.64 Å². The second kappa shape index (κ2) is 9.95. The van der Waals surface area contributed by atoms with E-state index in [1.54, 1.807) is 12.1 Å².